The molecule has 0 saturated carbocycles. The SMILES string of the molecule is O=C1CC(c2ccccc2)=NN1Cc1cccc(Br)c1. The monoisotopic (exact) mass is 328 g/mol. The van der Waals surface area contributed by atoms with Crippen LogP contribution in [-0.2, 0) is 11.3 Å². The van der Waals surface area contributed by atoms with Gasteiger partial charge in [0.05, 0.1) is 18.7 Å². The summed E-state index contributed by atoms with van der Waals surface area (Å²) in [4.78, 5) is 12.0. The molecular formula is C16H13BrN2O. The van der Waals surface area contributed by atoms with Crippen LogP contribution in [0.15, 0.2) is 64.2 Å². The molecule has 0 radical (unpaired) electrons. The van der Waals surface area contributed by atoms with Gasteiger partial charge < -0.3 is 0 Å². The smallest absolute Gasteiger partial charge is 0.249 e. The number of rotatable bonds is 3. The molecule has 20 heavy (non-hydrogen) atoms. The van der Waals surface area contributed by atoms with Crippen LogP contribution in [-0.4, -0.2) is 16.6 Å². The molecule has 0 N–H and O–H groups in total. The number of benzene rings is 2. The van der Waals surface area contributed by atoms with Crippen LogP contribution in [0.4, 0.5) is 0 Å². The van der Waals surface area contributed by atoms with Gasteiger partial charge in [0.15, 0.2) is 0 Å². The van der Waals surface area contributed by atoms with E-state index in [1.807, 2.05) is 54.6 Å². The van der Waals surface area contributed by atoms with E-state index in [2.05, 4.69) is 21.0 Å². The predicted molar refractivity (Wildman–Crippen MR) is 82.3 cm³/mol. The molecule has 0 aliphatic carbocycles. The summed E-state index contributed by atoms with van der Waals surface area (Å²) < 4.78 is 1.01. The van der Waals surface area contributed by atoms with E-state index in [-0.39, 0.29) is 5.91 Å². The van der Waals surface area contributed by atoms with Crippen molar-refractivity contribution in [1.29, 1.82) is 0 Å². The van der Waals surface area contributed by atoms with E-state index in [1.54, 1.807) is 5.01 Å². The molecule has 0 saturated heterocycles. The molecular weight excluding hydrogens is 316 g/mol. The second-order valence-corrected chi connectivity index (χ2v) is 5.59. The molecule has 4 heteroatoms. The zero-order chi connectivity index (χ0) is 13.9. The topological polar surface area (TPSA) is 32.7 Å². The third-order valence-electron chi connectivity index (χ3n) is 3.18. The molecule has 0 spiro atoms. The van der Waals surface area contributed by atoms with Crippen LogP contribution in [0.5, 0.6) is 0 Å². The number of nitrogens with zero attached hydrogens (tertiary/aromatic N) is 2. The van der Waals surface area contributed by atoms with Crippen LogP contribution in [0.25, 0.3) is 0 Å². The molecule has 2 aromatic carbocycles. The Labute approximate surface area is 126 Å². The molecule has 0 fully saturated rings. The van der Waals surface area contributed by atoms with Gasteiger partial charge >= 0.3 is 0 Å². The summed E-state index contributed by atoms with van der Waals surface area (Å²) in [6, 6.07) is 17.8. The van der Waals surface area contributed by atoms with E-state index >= 15 is 0 Å². The summed E-state index contributed by atoms with van der Waals surface area (Å²) in [6.45, 7) is 0.509. The van der Waals surface area contributed by atoms with Gasteiger partial charge in [-0.1, -0.05) is 58.4 Å². The van der Waals surface area contributed by atoms with E-state index in [0.717, 1.165) is 21.3 Å². The molecule has 1 amide bonds. The summed E-state index contributed by atoms with van der Waals surface area (Å²) in [5, 5.41) is 6.00. The Balaban J connectivity index is 1.81. The first-order valence-corrected chi connectivity index (χ1v) is 7.19. The number of hydrogen-bond acceptors (Lipinski definition) is 2. The molecule has 1 aliphatic rings. The molecule has 3 rings (SSSR count). The average molecular weight is 329 g/mol. The van der Waals surface area contributed by atoms with E-state index in [9.17, 15) is 4.79 Å². The fourth-order valence-electron chi connectivity index (χ4n) is 2.19. The third-order valence-corrected chi connectivity index (χ3v) is 3.67. The Kier molecular flexibility index (Phi) is 3.65. The summed E-state index contributed by atoms with van der Waals surface area (Å²) in [6.07, 6.45) is 0.373. The van der Waals surface area contributed by atoms with E-state index in [4.69, 9.17) is 0 Å². The number of halogens is 1. The predicted octanol–water partition coefficient (Wildman–Crippen LogP) is 3.59. The summed E-state index contributed by atoms with van der Waals surface area (Å²) >= 11 is 3.44. The second-order valence-electron chi connectivity index (χ2n) is 4.67. The number of carbonyl (C=O) groups is 1. The van der Waals surface area contributed by atoms with Crippen molar-refractivity contribution < 1.29 is 4.79 Å². The highest BCUT2D eigenvalue weighted by atomic mass is 79.9. The summed E-state index contributed by atoms with van der Waals surface area (Å²) in [5.41, 5.74) is 2.91. The minimum Gasteiger partial charge on any atom is -0.272 e. The van der Waals surface area contributed by atoms with E-state index < -0.39 is 0 Å². The average Bonchev–Trinajstić information content (AvgIpc) is 2.81. The highest BCUT2D eigenvalue weighted by Gasteiger charge is 2.24. The van der Waals surface area contributed by atoms with Crippen LogP contribution >= 0.6 is 15.9 Å². The van der Waals surface area contributed by atoms with Gasteiger partial charge in [-0.05, 0) is 23.3 Å². The van der Waals surface area contributed by atoms with Crippen molar-refractivity contribution in [2.45, 2.75) is 13.0 Å². The van der Waals surface area contributed by atoms with E-state index in [1.165, 1.54) is 0 Å². The Morgan fingerprint density at radius 1 is 1.10 bits per heavy atom. The van der Waals surface area contributed by atoms with Crippen molar-refractivity contribution in [3.63, 3.8) is 0 Å². The highest BCUT2D eigenvalue weighted by molar-refractivity contribution is 9.10. The normalized spacial score (nSPS) is 14.6. The lowest BCUT2D eigenvalue weighted by atomic mass is 10.1. The van der Waals surface area contributed by atoms with Crippen LogP contribution in [0.1, 0.15) is 17.5 Å². The van der Waals surface area contributed by atoms with Crippen molar-refractivity contribution in [3.8, 4) is 0 Å². The Morgan fingerprint density at radius 2 is 1.90 bits per heavy atom. The van der Waals surface area contributed by atoms with Crippen LogP contribution < -0.4 is 0 Å². The lowest BCUT2D eigenvalue weighted by Gasteiger charge is -2.11. The first kappa shape index (κ1) is 13.1. The Bertz CT molecular complexity index is 667. The summed E-state index contributed by atoms with van der Waals surface area (Å²) in [5.74, 6) is 0.0452. The van der Waals surface area contributed by atoms with Crippen molar-refractivity contribution in [1.82, 2.24) is 5.01 Å². The number of amides is 1. The quantitative estimate of drug-likeness (QED) is 0.847. The van der Waals surface area contributed by atoms with Crippen LogP contribution in [0, 0.1) is 0 Å². The Hall–Kier alpha value is -1.94. The third kappa shape index (κ3) is 2.80. The van der Waals surface area contributed by atoms with Crippen LogP contribution in [0.2, 0.25) is 0 Å². The molecule has 0 unspecified atom stereocenters. The molecule has 3 nitrogen and oxygen atoms in total. The maximum Gasteiger partial charge on any atom is 0.249 e. The van der Waals surface area contributed by atoms with Gasteiger partial charge in [-0.15, -0.1) is 0 Å². The van der Waals surface area contributed by atoms with E-state index in [0.29, 0.717) is 13.0 Å². The van der Waals surface area contributed by atoms with Crippen molar-refractivity contribution in [3.05, 3.63) is 70.2 Å². The van der Waals surface area contributed by atoms with Gasteiger partial charge in [-0.25, -0.2) is 5.01 Å². The molecule has 2 aromatic rings. The highest BCUT2D eigenvalue weighted by Crippen LogP contribution is 2.19. The Morgan fingerprint density at radius 3 is 2.65 bits per heavy atom. The van der Waals surface area contributed by atoms with Gasteiger partial charge in [0.25, 0.3) is 0 Å². The van der Waals surface area contributed by atoms with Crippen molar-refractivity contribution in [2.75, 3.05) is 0 Å². The molecule has 1 heterocycles. The van der Waals surface area contributed by atoms with Gasteiger partial charge in [0.1, 0.15) is 0 Å². The lowest BCUT2D eigenvalue weighted by Crippen LogP contribution is -2.19. The minimum absolute atomic E-state index is 0.0452. The van der Waals surface area contributed by atoms with Crippen LogP contribution in [0.3, 0.4) is 0 Å². The van der Waals surface area contributed by atoms with Crippen molar-refractivity contribution >= 4 is 27.5 Å². The minimum atomic E-state index is 0.0452. The van der Waals surface area contributed by atoms with Gasteiger partial charge in [0, 0.05) is 4.47 Å². The lowest BCUT2D eigenvalue weighted by molar-refractivity contribution is -0.129. The number of carbonyl (C=O) groups excluding carboxylic acids is 1. The van der Waals surface area contributed by atoms with Crippen molar-refractivity contribution in [2.24, 2.45) is 5.10 Å². The summed E-state index contributed by atoms with van der Waals surface area (Å²) in [7, 11) is 0. The van der Waals surface area contributed by atoms with Gasteiger partial charge in [0.2, 0.25) is 5.91 Å². The maximum absolute atomic E-state index is 12.0. The number of hydrazone groups is 1. The molecule has 1 aliphatic heterocycles. The standard InChI is InChI=1S/C16H13BrN2O/c17-14-8-4-5-12(9-14)11-19-16(20)10-15(18-19)13-6-2-1-3-7-13/h1-9H,10-11H2. The zero-order valence-corrected chi connectivity index (χ0v) is 12.4. The first-order chi connectivity index (χ1) is 9.72. The second kappa shape index (κ2) is 5.59. The van der Waals surface area contributed by atoms with Gasteiger partial charge in [-0.2, -0.15) is 5.10 Å². The largest absolute Gasteiger partial charge is 0.272 e. The maximum atomic E-state index is 12.0. The van der Waals surface area contributed by atoms with Gasteiger partial charge in [-0.3, -0.25) is 4.79 Å². The number of hydrogen-bond donors (Lipinski definition) is 0. The zero-order valence-electron chi connectivity index (χ0n) is 10.8. The molecule has 0 atom stereocenters. The first-order valence-electron chi connectivity index (χ1n) is 6.40. The molecule has 0 aromatic heterocycles. The molecule has 0 bridgehead atoms. The molecule has 100 valence electrons. The fourth-order valence-corrected chi connectivity index (χ4v) is 2.64. The fraction of sp³-hybridized carbons (Fsp3) is 0.125.